The van der Waals surface area contributed by atoms with Gasteiger partial charge in [0, 0.05) is 0 Å². The summed E-state index contributed by atoms with van der Waals surface area (Å²) in [5.41, 5.74) is 1.01. The summed E-state index contributed by atoms with van der Waals surface area (Å²) in [5, 5.41) is 0. The van der Waals surface area contributed by atoms with Crippen LogP contribution < -0.4 is 4.74 Å². The SMILES string of the molecule is CCOP(=O)(C/C=C/c1ccc(OC)cc1)OCC. The molecule has 0 heterocycles. The Morgan fingerprint density at radius 1 is 1.11 bits per heavy atom. The van der Waals surface area contributed by atoms with E-state index in [1.54, 1.807) is 21.0 Å². The molecule has 4 nitrogen and oxygen atoms in total. The van der Waals surface area contributed by atoms with E-state index in [0.29, 0.717) is 13.2 Å². The predicted octanol–water partition coefficient (Wildman–Crippen LogP) is 3.97. The molecule has 0 bridgehead atoms. The highest BCUT2D eigenvalue weighted by Gasteiger charge is 2.20. The summed E-state index contributed by atoms with van der Waals surface area (Å²) in [7, 11) is -1.35. The Kier molecular flexibility index (Phi) is 6.85. The third-order valence-electron chi connectivity index (χ3n) is 2.41. The van der Waals surface area contributed by atoms with E-state index in [-0.39, 0.29) is 6.16 Å². The molecule has 0 spiro atoms. The van der Waals surface area contributed by atoms with Gasteiger partial charge in [-0.15, -0.1) is 0 Å². The summed E-state index contributed by atoms with van der Waals surface area (Å²) in [6, 6.07) is 7.62. The lowest BCUT2D eigenvalue weighted by molar-refractivity contribution is 0.222. The molecule has 19 heavy (non-hydrogen) atoms. The van der Waals surface area contributed by atoms with Crippen molar-refractivity contribution in [2.24, 2.45) is 0 Å². The van der Waals surface area contributed by atoms with E-state index < -0.39 is 7.60 Å². The maximum absolute atomic E-state index is 12.2. The molecule has 0 aliphatic carbocycles. The highest BCUT2D eigenvalue weighted by atomic mass is 31.2. The first-order valence-electron chi connectivity index (χ1n) is 6.32. The number of hydrogen-bond acceptors (Lipinski definition) is 4. The fourth-order valence-electron chi connectivity index (χ4n) is 1.57. The van der Waals surface area contributed by atoms with Crippen LogP contribution in [0, 0.1) is 0 Å². The largest absolute Gasteiger partial charge is 0.497 e. The van der Waals surface area contributed by atoms with E-state index in [1.165, 1.54) is 0 Å². The molecule has 0 amide bonds. The molecule has 0 N–H and O–H groups in total. The lowest BCUT2D eigenvalue weighted by Crippen LogP contribution is -1.98. The quantitative estimate of drug-likeness (QED) is 0.677. The van der Waals surface area contributed by atoms with Crippen LogP contribution in [0.25, 0.3) is 6.08 Å². The molecule has 0 unspecified atom stereocenters. The van der Waals surface area contributed by atoms with Gasteiger partial charge in [0.25, 0.3) is 0 Å². The molecule has 0 aliphatic heterocycles. The summed E-state index contributed by atoms with van der Waals surface area (Å²) < 4.78 is 27.7. The van der Waals surface area contributed by atoms with E-state index in [9.17, 15) is 4.57 Å². The fourth-order valence-corrected chi connectivity index (χ4v) is 3.00. The van der Waals surface area contributed by atoms with Crippen molar-refractivity contribution >= 4 is 13.7 Å². The lowest BCUT2D eigenvalue weighted by atomic mass is 10.2. The van der Waals surface area contributed by atoms with Crippen molar-refractivity contribution in [2.45, 2.75) is 13.8 Å². The Hall–Kier alpha value is -1.09. The number of rotatable bonds is 8. The van der Waals surface area contributed by atoms with Crippen molar-refractivity contribution in [2.75, 3.05) is 26.5 Å². The molecule has 0 saturated heterocycles. The predicted molar refractivity (Wildman–Crippen MR) is 77.8 cm³/mol. The molecule has 1 aromatic rings. The second-order valence-corrected chi connectivity index (χ2v) is 5.91. The molecule has 106 valence electrons. The molecule has 0 atom stereocenters. The van der Waals surface area contributed by atoms with Crippen LogP contribution in [-0.2, 0) is 13.6 Å². The van der Waals surface area contributed by atoms with Crippen LogP contribution in [0.15, 0.2) is 30.3 Å². The van der Waals surface area contributed by atoms with Crippen LogP contribution in [0.4, 0.5) is 0 Å². The van der Waals surface area contributed by atoms with Gasteiger partial charge < -0.3 is 13.8 Å². The van der Waals surface area contributed by atoms with Crippen LogP contribution in [-0.4, -0.2) is 26.5 Å². The van der Waals surface area contributed by atoms with Gasteiger partial charge in [-0.3, -0.25) is 4.57 Å². The third-order valence-corrected chi connectivity index (χ3v) is 4.37. The van der Waals surface area contributed by atoms with Gasteiger partial charge >= 0.3 is 7.60 Å². The van der Waals surface area contributed by atoms with Crippen molar-refractivity contribution in [3.05, 3.63) is 35.9 Å². The summed E-state index contributed by atoms with van der Waals surface area (Å²) >= 11 is 0. The molecular weight excluding hydrogens is 263 g/mol. The molecule has 1 aromatic carbocycles. The van der Waals surface area contributed by atoms with Crippen molar-refractivity contribution in [3.63, 3.8) is 0 Å². The Balaban J connectivity index is 2.62. The van der Waals surface area contributed by atoms with Crippen molar-refractivity contribution in [1.29, 1.82) is 0 Å². The van der Waals surface area contributed by atoms with Gasteiger partial charge in [-0.1, -0.05) is 24.3 Å². The zero-order valence-electron chi connectivity index (χ0n) is 11.7. The van der Waals surface area contributed by atoms with E-state index in [4.69, 9.17) is 13.8 Å². The number of ether oxygens (including phenoxy) is 1. The number of hydrogen-bond donors (Lipinski definition) is 0. The molecular formula is C14H21O4P. The first-order valence-corrected chi connectivity index (χ1v) is 8.05. The van der Waals surface area contributed by atoms with Crippen LogP contribution in [0.2, 0.25) is 0 Å². The molecule has 0 radical (unpaired) electrons. The van der Waals surface area contributed by atoms with Crippen molar-refractivity contribution < 1.29 is 18.3 Å². The summed E-state index contributed by atoms with van der Waals surface area (Å²) in [6.45, 7) is 4.37. The monoisotopic (exact) mass is 284 g/mol. The zero-order valence-corrected chi connectivity index (χ0v) is 12.6. The van der Waals surface area contributed by atoms with E-state index >= 15 is 0 Å². The number of methoxy groups -OCH3 is 1. The fraction of sp³-hybridized carbons (Fsp3) is 0.429. The molecule has 1 rings (SSSR count). The second-order valence-electron chi connectivity index (χ2n) is 3.80. The molecule has 5 heteroatoms. The molecule has 0 saturated carbocycles. The molecule has 0 fully saturated rings. The Morgan fingerprint density at radius 2 is 1.68 bits per heavy atom. The number of benzene rings is 1. The van der Waals surface area contributed by atoms with Crippen LogP contribution in [0.3, 0.4) is 0 Å². The Morgan fingerprint density at radius 3 is 2.16 bits per heavy atom. The average molecular weight is 284 g/mol. The molecule has 0 aromatic heterocycles. The summed E-state index contributed by atoms with van der Waals surface area (Å²) in [5.74, 6) is 0.812. The first-order chi connectivity index (χ1) is 9.13. The topological polar surface area (TPSA) is 44.8 Å². The van der Waals surface area contributed by atoms with Crippen molar-refractivity contribution in [3.8, 4) is 5.75 Å². The maximum Gasteiger partial charge on any atom is 0.334 e. The smallest absolute Gasteiger partial charge is 0.334 e. The van der Waals surface area contributed by atoms with Gasteiger partial charge in [0.1, 0.15) is 5.75 Å². The third kappa shape index (κ3) is 5.60. The lowest BCUT2D eigenvalue weighted by Gasteiger charge is -2.14. The Bertz CT molecular complexity index is 429. The van der Waals surface area contributed by atoms with Gasteiger partial charge in [-0.2, -0.15) is 0 Å². The van der Waals surface area contributed by atoms with Crippen molar-refractivity contribution in [1.82, 2.24) is 0 Å². The normalized spacial score (nSPS) is 11.9. The van der Waals surface area contributed by atoms with Crippen LogP contribution in [0.1, 0.15) is 19.4 Å². The van der Waals surface area contributed by atoms with E-state index in [1.807, 2.05) is 36.4 Å². The second kappa shape index (κ2) is 8.16. The minimum atomic E-state index is -2.98. The van der Waals surface area contributed by atoms with Crippen LogP contribution >= 0.6 is 7.60 Å². The first kappa shape index (κ1) is 16.0. The Labute approximate surface area is 114 Å². The van der Waals surface area contributed by atoms with Gasteiger partial charge in [-0.25, -0.2) is 0 Å². The maximum atomic E-state index is 12.2. The standard InChI is InChI=1S/C14H21O4P/c1-4-17-19(15,18-5-2)12-6-7-13-8-10-14(16-3)11-9-13/h6-11H,4-5,12H2,1-3H3/b7-6+. The van der Waals surface area contributed by atoms with E-state index in [2.05, 4.69) is 0 Å². The highest BCUT2D eigenvalue weighted by molar-refractivity contribution is 7.54. The summed E-state index contributed by atoms with van der Waals surface area (Å²) in [4.78, 5) is 0. The number of allylic oxidation sites excluding steroid dienone is 1. The summed E-state index contributed by atoms with van der Waals surface area (Å²) in [6.07, 6.45) is 3.98. The highest BCUT2D eigenvalue weighted by Crippen LogP contribution is 2.47. The minimum Gasteiger partial charge on any atom is -0.497 e. The van der Waals surface area contributed by atoms with Gasteiger partial charge in [-0.05, 0) is 31.5 Å². The van der Waals surface area contributed by atoms with Gasteiger partial charge in [0.2, 0.25) is 0 Å². The minimum absolute atomic E-state index is 0.278. The van der Waals surface area contributed by atoms with E-state index in [0.717, 1.165) is 11.3 Å². The van der Waals surface area contributed by atoms with Gasteiger partial charge in [0.05, 0.1) is 26.5 Å². The molecule has 0 aliphatic rings. The average Bonchev–Trinajstić information content (AvgIpc) is 2.40. The van der Waals surface area contributed by atoms with Crippen LogP contribution in [0.5, 0.6) is 5.75 Å². The van der Waals surface area contributed by atoms with Gasteiger partial charge in [0.15, 0.2) is 0 Å². The zero-order chi connectivity index (χ0) is 14.1.